The van der Waals surface area contributed by atoms with Crippen molar-refractivity contribution in [1.29, 1.82) is 0 Å². The fraction of sp³-hybridized carbons (Fsp3) is 0.533. The van der Waals surface area contributed by atoms with Gasteiger partial charge in [-0.2, -0.15) is 5.10 Å². The summed E-state index contributed by atoms with van der Waals surface area (Å²) in [4.78, 5) is 0. The average Bonchev–Trinajstić information content (AvgIpc) is 3.23. The number of aryl methyl sites for hydroxylation is 6. The Bertz CT molecular complexity index is 627. The van der Waals surface area contributed by atoms with E-state index in [-0.39, 0.29) is 0 Å². The molecule has 0 unspecified atom stereocenters. The van der Waals surface area contributed by atoms with Gasteiger partial charge in [-0.15, -0.1) is 15.3 Å². The molecule has 0 aliphatic rings. The van der Waals surface area contributed by atoms with Crippen molar-refractivity contribution in [3.8, 4) is 0 Å². The van der Waals surface area contributed by atoms with Crippen LogP contribution in [0.2, 0.25) is 0 Å². The minimum Gasteiger partial charge on any atom is -0.426 e. The van der Waals surface area contributed by atoms with Crippen LogP contribution in [-0.2, 0) is 26.9 Å². The van der Waals surface area contributed by atoms with Crippen molar-refractivity contribution in [2.45, 2.75) is 40.5 Å². The third kappa shape index (κ3) is 7.35. The van der Waals surface area contributed by atoms with Gasteiger partial charge in [0.25, 0.3) is 0 Å². The highest BCUT2D eigenvalue weighted by Gasteiger charge is 1.90. The first-order chi connectivity index (χ1) is 10.9. The van der Waals surface area contributed by atoms with E-state index < -0.39 is 0 Å². The maximum atomic E-state index is 4.86. The lowest BCUT2D eigenvalue weighted by Gasteiger charge is -1.81. The Hall–Kier alpha value is -2.51. The van der Waals surface area contributed by atoms with Gasteiger partial charge in [0.2, 0.25) is 11.8 Å². The van der Waals surface area contributed by atoms with Crippen LogP contribution >= 0.6 is 0 Å². The summed E-state index contributed by atoms with van der Waals surface area (Å²) in [5, 5.41) is 18.8. The number of nitrogens with zero attached hydrogens (tertiary/aromatic N) is 7. The van der Waals surface area contributed by atoms with Gasteiger partial charge in [0.05, 0.1) is 11.9 Å². The van der Waals surface area contributed by atoms with E-state index in [1.54, 1.807) is 18.5 Å². The van der Waals surface area contributed by atoms with E-state index in [9.17, 15) is 0 Å². The fourth-order valence-corrected chi connectivity index (χ4v) is 1.61. The highest BCUT2D eigenvalue weighted by molar-refractivity contribution is 5.02. The van der Waals surface area contributed by atoms with Crippen LogP contribution < -0.4 is 0 Å². The van der Waals surface area contributed by atoms with Gasteiger partial charge in [0.1, 0.15) is 0 Å². The molecule has 0 N–H and O–H groups in total. The summed E-state index contributed by atoms with van der Waals surface area (Å²) < 4.78 is 8.39. The van der Waals surface area contributed by atoms with Crippen LogP contribution in [0, 0.1) is 13.8 Å². The molecule has 0 bridgehead atoms. The highest BCUT2D eigenvalue weighted by Crippen LogP contribution is 1.94. The van der Waals surface area contributed by atoms with Gasteiger partial charge in [-0.3, -0.25) is 9.36 Å². The topological polar surface area (TPSA) is 87.5 Å². The van der Waals surface area contributed by atoms with E-state index in [0.29, 0.717) is 11.8 Å². The van der Waals surface area contributed by atoms with Gasteiger partial charge in [-0.25, -0.2) is 0 Å². The SMILES string of the molecule is CCc1cn(C)nn1.CCc1cnn(C)c1.Cc1nnc(C)o1. The van der Waals surface area contributed by atoms with Crippen molar-refractivity contribution in [1.82, 2.24) is 35.0 Å². The summed E-state index contributed by atoms with van der Waals surface area (Å²) in [6.07, 6.45) is 7.88. The number of hydrogen-bond donors (Lipinski definition) is 0. The average molecular weight is 319 g/mol. The Labute approximate surface area is 136 Å². The minimum atomic E-state index is 0.623. The van der Waals surface area contributed by atoms with Crippen LogP contribution in [0.5, 0.6) is 0 Å². The number of rotatable bonds is 2. The molecule has 0 aromatic carbocycles. The Kier molecular flexibility index (Phi) is 7.65. The first-order valence-corrected chi connectivity index (χ1v) is 7.54. The Morgan fingerprint density at radius 3 is 1.78 bits per heavy atom. The van der Waals surface area contributed by atoms with E-state index in [4.69, 9.17) is 4.42 Å². The molecule has 0 saturated carbocycles. The standard InChI is InChI=1S/C6H10N2.C5H9N3.C4H6N2O/c1-3-6-4-7-8(2)5-6;1-3-5-4-8(2)7-6-5;1-3-5-6-4(2)7-3/h4-5H,3H2,1-2H3;4H,3H2,1-2H3;1-2H3. The van der Waals surface area contributed by atoms with Crippen LogP contribution in [0.1, 0.15) is 36.9 Å². The van der Waals surface area contributed by atoms with Crippen molar-refractivity contribution in [2.24, 2.45) is 14.1 Å². The maximum absolute atomic E-state index is 4.86. The molecular weight excluding hydrogens is 294 g/mol. The van der Waals surface area contributed by atoms with Gasteiger partial charge >= 0.3 is 0 Å². The molecule has 3 rings (SSSR count). The quantitative estimate of drug-likeness (QED) is 0.718. The molecule has 8 nitrogen and oxygen atoms in total. The van der Waals surface area contributed by atoms with Crippen LogP contribution in [0.25, 0.3) is 0 Å². The van der Waals surface area contributed by atoms with Crippen molar-refractivity contribution in [2.75, 3.05) is 0 Å². The molecule has 8 heteroatoms. The zero-order valence-corrected chi connectivity index (χ0v) is 14.7. The molecular formula is C15H25N7O. The molecule has 0 amide bonds. The molecule has 3 aromatic rings. The monoisotopic (exact) mass is 319 g/mol. The van der Waals surface area contributed by atoms with E-state index >= 15 is 0 Å². The van der Waals surface area contributed by atoms with E-state index in [0.717, 1.165) is 18.5 Å². The largest absolute Gasteiger partial charge is 0.426 e. The third-order valence-electron chi connectivity index (χ3n) is 2.81. The van der Waals surface area contributed by atoms with Gasteiger partial charge in [0.15, 0.2) is 0 Å². The Balaban J connectivity index is 0.000000173. The van der Waals surface area contributed by atoms with Crippen molar-refractivity contribution < 1.29 is 4.42 Å². The molecule has 23 heavy (non-hydrogen) atoms. The van der Waals surface area contributed by atoms with Gasteiger partial charge in [-0.05, 0) is 18.4 Å². The zero-order valence-electron chi connectivity index (χ0n) is 14.7. The lowest BCUT2D eigenvalue weighted by molar-refractivity contribution is 0.489. The fourth-order valence-electron chi connectivity index (χ4n) is 1.61. The van der Waals surface area contributed by atoms with Crippen LogP contribution in [0.3, 0.4) is 0 Å². The molecule has 126 valence electrons. The molecule has 0 atom stereocenters. The first-order valence-electron chi connectivity index (χ1n) is 7.54. The third-order valence-corrected chi connectivity index (χ3v) is 2.81. The molecule has 0 fully saturated rings. The summed E-state index contributed by atoms with van der Waals surface area (Å²) in [5.74, 6) is 1.25. The summed E-state index contributed by atoms with van der Waals surface area (Å²) in [5.41, 5.74) is 2.35. The molecule has 0 spiro atoms. The maximum Gasteiger partial charge on any atom is 0.213 e. The lowest BCUT2D eigenvalue weighted by atomic mass is 10.3. The van der Waals surface area contributed by atoms with Crippen molar-refractivity contribution >= 4 is 0 Å². The first kappa shape index (κ1) is 18.5. The van der Waals surface area contributed by atoms with Gasteiger partial charge < -0.3 is 4.42 Å². The summed E-state index contributed by atoms with van der Waals surface area (Å²) >= 11 is 0. The molecule has 0 saturated heterocycles. The van der Waals surface area contributed by atoms with Crippen LogP contribution in [0.15, 0.2) is 23.0 Å². The van der Waals surface area contributed by atoms with Crippen molar-refractivity contribution in [3.63, 3.8) is 0 Å². The van der Waals surface area contributed by atoms with Gasteiger partial charge in [0, 0.05) is 40.3 Å². The molecule has 0 aliphatic carbocycles. The molecule has 3 aromatic heterocycles. The number of aromatic nitrogens is 7. The predicted molar refractivity (Wildman–Crippen MR) is 86.7 cm³/mol. The minimum absolute atomic E-state index is 0.623. The summed E-state index contributed by atoms with van der Waals surface area (Å²) in [6.45, 7) is 7.71. The lowest BCUT2D eigenvalue weighted by Crippen LogP contribution is -1.85. The highest BCUT2D eigenvalue weighted by atomic mass is 16.4. The summed E-state index contributed by atoms with van der Waals surface area (Å²) in [7, 11) is 3.80. The van der Waals surface area contributed by atoms with Crippen molar-refractivity contribution in [3.05, 3.63) is 41.6 Å². The Morgan fingerprint density at radius 1 is 0.913 bits per heavy atom. The smallest absolute Gasteiger partial charge is 0.213 e. The number of hydrogen-bond acceptors (Lipinski definition) is 6. The normalized spacial score (nSPS) is 9.65. The second kappa shape index (κ2) is 9.50. The van der Waals surface area contributed by atoms with E-state index in [2.05, 4.69) is 39.5 Å². The second-order valence-corrected chi connectivity index (χ2v) is 4.95. The second-order valence-electron chi connectivity index (χ2n) is 4.95. The Morgan fingerprint density at radius 2 is 1.57 bits per heavy atom. The molecule has 0 aliphatic heterocycles. The van der Waals surface area contributed by atoms with Gasteiger partial charge in [-0.1, -0.05) is 19.1 Å². The predicted octanol–water partition coefficient (Wildman–Crippen LogP) is 2.05. The van der Waals surface area contributed by atoms with Crippen LogP contribution in [-0.4, -0.2) is 35.0 Å². The molecule has 3 heterocycles. The zero-order chi connectivity index (χ0) is 17.2. The molecule has 0 radical (unpaired) electrons. The van der Waals surface area contributed by atoms with Crippen LogP contribution in [0.4, 0.5) is 0 Å². The summed E-state index contributed by atoms with van der Waals surface area (Å²) in [6, 6.07) is 0. The van der Waals surface area contributed by atoms with E-state index in [1.165, 1.54) is 5.56 Å². The van der Waals surface area contributed by atoms with E-state index in [1.807, 2.05) is 37.4 Å².